The first-order chi connectivity index (χ1) is 15.1. The number of aromatic amines is 1. The molecule has 0 unspecified atom stereocenters. The summed E-state index contributed by atoms with van der Waals surface area (Å²) >= 11 is 0. The molecule has 1 fully saturated rings. The van der Waals surface area contributed by atoms with E-state index in [0.29, 0.717) is 36.1 Å². The van der Waals surface area contributed by atoms with E-state index >= 15 is 0 Å². The number of pyridine rings is 1. The van der Waals surface area contributed by atoms with Gasteiger partial charge in [0.25, 0.3) is 5.91 Å². The number of carbonyl (C=O) groups is 2. The number of hydrogen-bond acceptors (Lipinski definition) is 6. The SMILES string of the molecule is COC(=O)COc1ccc(C(=O)N2CCC(c3c[nH]c4ncccc34)CC2)cc1OC. The summed E-state index contributed by atoms with van der Waals surface area (Å²) in [4.78, 5) is 33.8. The molecule has 0 bridgehead atoms. The molecule has 31 heavy (non-hydrogen) atoms. The molecule has 1 aromatic carbocycles. The number of esters is 1. The topological polar surface area (TPSA) is 93.8 Å². The molecule has 2 aromatic heterocycles. The average molecular weight is 423 g/mol. The van der Waals surface area contributed by atoms with Crippen molar-refractivity contribution < 1.29 is 23.8 Å². The second-order valence-corrected chi connectivity index (χ2v) is 7.44. The Morgan fingerprint density at radius 2 is 1.97 bits per heavy atom. The molecule has 0 radical (unpaired) electrons. The Balaban J connectivity index is 1.42. The minimum Gasteiger partial charge on any atom is -0.493 e. The minimum atomic E-state index is -0.490. The Morgan fingerprint density at radius 3 is 2.71 bits per heavy atom. The average Bonchev–Trinajstić information content (AvgIpc) is 3.26. The molecule has 0 aliphatic carbocycles. The van der Waals surface area contributed by atoms with Crippen molar-refractivity contribution in [1.29, 1.82) is 0 Å². The second kappa shape index (κ2) is 9.07. The molecule has 8 heteroatoms. The third-order valence-electron chi connectivity index (χ3n) is 5.69. The smallest absolute Gasteiger partial charge is 0.343 e. The van der Waals surface area contributed by atoms with Gasteiger partial charge in [-0.1, -0.05) is 0 Å². The molecule has 0 saturated carbocycles. The highest BCUT2D eigenvalue weighted by molar-refractivity contribution is 5.95. The fraction of sp³-hybridized carbons (Fsp3) is 0.348. The van der Waals surface area contributed by atoms with Crippen LogP contribution in [0.5, 0.6) is 11.5 Å². The zero-order valence-electron chi connectivity index (χ0n) is 17.6. The highest BCUT2D eigenvalue weighted by Crippen LogP contribution is 2.34. The Bertz CT molecular complexity index is 1090. The molecule has 162 valence electrons. The summed E-state index contributed by atoms with van der Waals surface area (Å²) in [5.74, 6) is 0.644. The van der Waals surface area contributed by atoms with Gasteiger partial charge in [-0.15, -0.1) is 0 Å². The van der Waals surface area contributed by atoms with Gasteiger partial charge in [-0.2, -0.15) is 0 Å². The van der Waals surface area contributed by atoms with E-state index in [9.17, 15) is 9.59 Å². The number of piperidine rings is 1. The van der Waals surface area contributed by atoms with E-state index in [1.807, 2.05) is 17.2 Å². The number of nitrogens with zero attached hydrogens (tertiary/aromatic N) is 2. The van der Waals surface area contributed by atoms with E-state index in [0.717, 1.165) is 23.9 Å². The number of aromatic nitrogens is 2. The van der Waals surface area contributed by atoms with Gasteiger partial charge in [0, 0.05) is 36.4 Å². The van der Waals surface area contributed by atoms with Crippen molar-refractivity contribution in [2.45, 2.75) is 18.8 Å². The van der Waals surface area contributed by atoms with Crippen molar-refractivity contribution in [3.8, 4) is 11.5 Å². The van der Waals surface area contributed by atoms with Gasteiger partial charge in [-0.3, -0.25) is 4.79 Å². The number of H-pyrrole nitrogens is 1. The van der Waals surface area contributed by atoms with Gasteiger partial charge in [-0.25, -0.2) is 9.78 Å². The maximum absolute atomic E-state index is 13.0. The third-order valence-corrected chi connectivity index (χ3v) is 5.69. The van der Waals surface area contributed by atoms with E-state index < -0.39 is 5.97 Å². The molecule has 8 nitrogen and oxygen atoms in total. The molecular weight excluding hydrogens is 398 g/mol. The number of benzene rings is 1. The Labute approximate surface area is 180 Å². The van der Waals surface area contributed by atoms with Gasteiger partial charge < -0.3 is 24.1 Å². The molecule has 0 spiro atoms. The number of amides is 1. The van der Waals surface area contributed by atoms with E-state index in [1.165, 1.54) is 19.8 Å². The predicted octanol–water partition coefficient (Wildman–Crippen LogP) is 3.14. The normalized spacial score (nSPS) is 14.5. The van der Waals surface area contributed by atoms with Crippen molar-refractivity contribution in [3.05, 3.63) is 53.9 Å². The van der Waals surface area contributed by atoms with Crippen LogP contribution in [-0.2, 0) is 9.53 Å². The summed E-state index contributed by atoms with van der Waals surface area (Å²) in [6.07, 6.45) is 5.61. The zero-order chi connectivity index (χ0) is 21.8. The number of nitrogens with one attached hydrogen (secondary N) is 1. The van der Waals surface area contributed by atoms with E-state index in [2.05, 4.69) is 20.8 Å². The lowest BCUT2D eigenvalue weighted by Gasteiger charge is -2.32. The number of carbonyl (C=O) groups excluding carboxylic acids is 2. The summed E-state index contributed by atoms with van der Waals surface area (Å²) in [6, 6.07) is 9.01. The molecule has 3 heterocycles. The van der Waals surface area contributed by atoms with Crippen LogP contribution in [0.25, 0.3) is 11.0 Å². The second-order valence-electron chi connectivity index (χ2n) is 7.44. The van der Waals surface area contributed by atoms with Crippen molar-refractivity contribution >= 4 is 22.9 Å². The molecule has 4 rings (SSSR count). The number of fused-ring (bicyclic) bond motifs is 1. The Morgan fingerprint density at radius 1 is 1.16 bits per heavy atom. The standard InChI is InChI=1S/C23H25N3O5/c1-29-20-12-16(5-6-19(20)31-14-21(27)30-2)23(28)26-10-7-15(8-11-26)18-13-25-22-17(18)4-3-9-24-22/h3-6,9,12-13,15H,7-8,10-11,14H2,1-2H3,(H,24,25). The molecular formula is C23H25N3O5. The number of ether oxygens (including phenoxy) is 3. The van der Waals surface area contributed by atoms with Crippen LogP contribution in [-0.4, -0.2) is 60.7 Å². The van der Waals surface area contributed by atoms with Gasteiger partial charge in [0.05, 0.1) is 14.2 Å². The highest BCUT2D eigenvalue weighted by atomic mass is 16.6. The lowest BCUT2D eigenvalue weighted by atomic mass is 9.89. The third kappa shape index (κ3) is 4.33. The summed E-state index contributed by atoms with van der Waals surface area (Å²) in [7, 11) is 2.79. The van der Waals surface area contributed by atoms with Crippen LogP contribution in [0.2, 0.25) is 0 Å². The lowest BCUT2D eigenvalue weighted by molar-refractivity contribution is -0.142. The first kappa shape index (κ1) is 20.7. The van der Waals surface area contributed by atoms with E-state index in [4.69, 9.17) is 9.47 Å². The van der Waals surface area contributed by atoms with E-state index in [1.54, 1.807) is 24.4 Å². The van der Waals surface area contributed by atoms with Crippen molar-refractivity contribution in [3.63, 3.8) is 0 Å². The molecule has 1 aliphatic heterocycles. The number of likely N-dealkylation sites (tertiary alicyclic amines) is 1. The van der Waals surface area contributed by atoms with Crippen LogP contribution in [0.4, 0.5) is 0 Å². The number of rotatable bonds is 6. The molecule has 3 aromatic rings. The maximum Gasteiger partial charge on any atom is 0.343 e. The largest absolute Gasteiger partial charge is 0.493 e. The first-order valence-corrected chi connectivity index (χ1v) is 10.2. The van der Waals surface area contributed by atoms with Crippen LogP contribution in [0.3, 0.4) is 0 Å². The lowest BCUT2D eigenvalue weighted by Crippen LogP contribution is -2.37. The summed E-state index contributed by atoms with van der Waals surface area (Å²) < 4.78 is 15.3. The summed E-state index contributed by atoms with van der Waals surface area (Å²) in [5, 5.41) is 1.15. The van der Waals surface area contributed by atoms with Crippen LogP contribution in [0, 0.1) is 0 Å². The van der Waals surface area contributed by atoms with Gasteiger partial charge in [-0.05, 0) is 54.7 Å². The highest BCUT2D eigenvalue weighted by Gasteiger charge is 2.26. The Hall–Kier alpha value is -3.55. The van der Waals surface area contributed by atoms with Crippen LogP contribution >= 0.6 is 0 Å². The maximum atomic E-state index is 13.0. The monoisotopic (exact) mass is 423 g/mol. The molecule has 1 amide bonds. The van der Waals surface area contributed by atoms with Crippen molar-refractivity contribution in [2.24, 2.45) is 0 Å². The number of hydrogen-bond donors (Lipinski definition) is 1. The molecule has 1 aliphatic rings. The van der Waals surface area contributed by atoms with Crippen molar-refractivity contribution in [2.75, 3.05) is 33.9 Å². The quantitative estimate of drug-likeness (QED) is 0.612. The summed E-state index contributed by atoms with van der Waals surface area (Å²) in [5.41, 5.74) is 2.69. The zero-order valence-corrected chi connectivity index (χ0v) is 17.6. The van der Waals surface area contributed by atoms with Crippen LogP contribution in [0.1, 0.15) is 34.7 Å². The minimum absolute atomic E-state index is 0.0446. The Kier molecular flexibility index (Phi) is 6.06. The van der Waals surface area contributed by atoms with E-state index in [-0.39, 0.29) is 12.5 Å². The van der Waals surface area contributed by atoms with Gasteiger partial charge in [0.15, 0.2) is 18.1 Å². The van der Waals surface area contributed by atoms with Crippen LogP contribution < -0.4 is 9.47 Å². The van der Waals surface area contributed by atoms with Crippen LogP contribution in [0.15, 0.2) is 42.7 Å². The number of methoxy groups -OCH3 is 2. The summed E-state index contributed by atoms with van der Waals surface area (Å²) in [6.45, 7) is 1.13. The molecule has 1 N–H and O–H groups in total. The van der Waals surface area contributed by atoms with Gasteiger partial charge in [0.2, 0.25) is 0 Å². The molecule has 1 saturated heterocycles. The van der Waals surface area contributed by atoms with Gasteiger partial charge in [0.1, 0.15) is 5.65 Å². The predicted molar refractivity (Wildman–Crippen MR) is 114 cm³/mol. The van der Waals surface area contributed by atoms with Gasteiger partial charge >= 0.3 is 5.97 Å². The molecule has 0 atom stereocenters. The fourth-order valence-corrected chi connectivity index (χ4v) is 4.01. The van der Waals surface area contributed by atoms with Crippen molar-refractivity contribution in [1.82, 2.24) is 14.9 Å². The first-order valence-electron chi connectivity index (χ1n) is 10.2. The fourth-order valence-electron chi connectivity index (χ4n) is 4.01.